The molecule has 4 aliphatic rings. The van der Waals surface area contributed by atoms with Crippen LogP contribution in [0.3, 0.4) is 0 Å². The summed E-state index contributed by atoms with van der Waals surface area (Å²) in [7, 11) is 5.69. The van der Waals surface area contributed by atoms with Gasteiger partial charge in [0.15, 0.2) is 6.29 Å². The number of aryl methyl sites for hydroxylation is 1. The van der Waals surface area contributed by atoms with E-state index in [0.29, 0.717) is 64.4 Å². The third-order valence-electron chi connectivity index (χ3n) is 17.5. The molecule has 0 amide bonds. The van der Waals surface area contributed by atoms with Gasteiger partial charge in [0.25, 0.3) is 5.56 Å². The smallest absolute Gasteiger partial charge is 0.481 e. The molecule has 5 aromatic heterocycles. The lowest BCUT2D eigenvalue weighted by molar-refractivity contribution is -0.138. The van der Waals surface area contributed by atoms with Gasteiger partial charge in [0, 0.05) is 116 Å². The highest BCUT2D eigenvalue weighted by molar-refractivity contribution is 9.11. The van der Waals surface area contributed by atoms with Crippen molar-refractivity contribution in [3.8, 4) is 23.5 Å². The van der Waals surface area contributed by atoms with Crippen molar-refractivity contribution in [3.05, 3.63) is 132 Å². The van der Waals surface area contributed by atoms with Gasteiger partial charge in [-0.05, 0) is 220 Å². The Hall–Kier alpha value is -6.57. The van der Waals surface area contributed by atoms with Gasteiger partial charge in [-0.15, -0.1) is 0 Å². The summed E-state index contributed by atoms with van der Waals surface area (Å²) in [5.41, 5.74) is 0.549. The predicted octanol–water partition coefficient (Wildman–Crippen LogP) is 11.4. The number of rotatable bonds is 17. The summed E-state index contributed by atoms with van der Waals surface area (Å²) in [4.78, 5) is 72.6. The number of hydrogen-bond donors (Lipinski definition) is 0. The van der Waals surface area contributed by atoms with Crippen LogP contribution in [0.2, 0.25) is 0 Å². The van der Waals surface area contributed by atoms with Crippen molar-refractivity contribution in [2.24, 2.45) is 7.05 Å². The number of methoxy groups -OCH3 is 4. The van der Waals surface area contributed by atoms with E-state index in [1.165, 1.54) is 56.4 Å². The van der Waals surface area contributed by atoms with Gasteiger partial charge in [-0.3, -0.25) is 9.59 Å². The normalized spacial score (nSPS) is 18.0. The number of pyridine rings is 5. The number of hydrogen-bond acceptors (Lipinski definition) is 24. The zero-order valence-corrected chi connectivity index (χ0v) is 67.6. The second-order valence-corrected chi connectivity index (χ2v) is 29.4. The van der Waals surface area contributed by atoms with Crippen LogP contribution in [0, 0.1) is 0 Å². The van der Waals surface area contributed by atoms with Gasteiger partial charge in [-0.1, -0.05) is 0 Å². The summed E-state index contributed by atoms with van der Waals surface area (Å²) in [5.74, 6) is 0.773. The molecule has 5 aromatic rings. The van der Waals surface area contributed by atoms with Gasteiger partial charge in [-0.2, -0.15) is 0 Å². The van der Waals surface area contributed by atoms with Crippen LogP contribution in [0.5, 0.6) is 23.5 Å². The summed E-state index contributed by atoms with van der Waals surface area (Å²) in [5, 5.41) is 0. The van der Waals surface area contributed by atoms with E-state index >= 15 is 0 Å². The molecule has 0 aromatic carbocycles. The molecule has 0 N–H and O–H groups in total. The number of ether oxygens (including phenoxy) is 7. The molecule has 0 spiro atoms. The molecule has 0 unspecified atom stereocenters. The Morgan fingerprint density at radius 1 is 0.441 bits per heavy atom. The molecule has 554 valence electrons. The van der Waals surface area contributed by atoms with Crippen molar-refractivity contribution in [2.45, 2.75) is 176 Å². The SMILES string of the molecule is CC1(C)OB(B2OC(C)(C)C(C)(C)O2)OC1(C)C.CCOC(=O)/C=C/c1cc(=O)n(C)cc1B1OC(C)(C)C(C)(C)O1.CCOC(=O)/C=C/c1cc(OC)ncc1B1OC(C)(C)C(C)(C)O1.CCOC(=O)/C=C/c1cc(OC)ncc1Br.COc1cc(C=O)c(Br)cn1.COc1ccc(Br)cn1. The highest BCUT2D eigenvalue weighted by atomic mass is 79.9. The summed E-state index contributed by atoms with van der Waals surface area (Å²) in [6.45, 7) is 38.2. The number of aromatic nitrogens is 5. The first kappa shape index (κ1) is 87.8. The van der Waals surface area contributed by atoms with Gasteiger partial charge in [0.2, 0.25) is 23.5 Å². The molecule has 0 bridgehead atoms. The van der Waals surface area contributed by atoms with E-state index in [1.807, 2.05) is 117 Å². The molecule has 25 nitrogen and oxygen atoms in total. The van der Waals surface area contributed by atoms with Crippen LogP contribution in [0.15, 0.2) is 104 Å². The highest BCUT2D eigenvalue weighted by Gasteiger charge is 2.64. The molecule has 4 aliphatic heterocycles. The Labute approximate surface area is 626 Å². The number of nitrogens with zero attached hydrogens (tertiary/aromatic N) is 5. The molecule has 102 heavy (non-hydrogen) atoms. The van der Waals surface area contributed by atoms with E-state index in [0.717, 1.165) is 31.8 Å². The van der Waals surface area contributed by atoms with Crippen molar-refractivity contribution in [1.82, 2.24) is 24.5 Å². The molecule has 9 rings (SSSR count). The van der Waals surface area contributed by atoms with Crippen LogP contribution in [0.4, 0.5) is 0 Å². The Morgan fingerprint density at radius 2 is 0.755 bits per heavy atom. The Morgan fingerprint density at radius 3 is 1.11 bits per heavy atom. The first-order valence-corrected chi connectivity index (χ1v) is 35.0. The zero-order valence-electron chi connectivity index (χ0n) is 62.9. The Bertz CT molecular complexity index is 3700. The lowest BCUT2D eigenvalue weighted by atomic mass is 9.49. The van der Waals surface area contributed by atoms with Crippen molar-refractivity contribution < 1.29 is 89.6 Å². The number of carbonyl (C=O) groups excluding carboxylic acids is 4. The van der Waals surface area contributed by atoms with Crippen molar-refractivity contribution in [3.63, 3.8) is 0 Å². The largest absolute Gasteiger partial charge is 0.497 e. The van der Waals surface area contributed by atoms with E-state index in [1.54, 1.807) is 102 Å². The van der Waals surface area contributed by atoms with Crippen LogP contribution in [-0.4, -0.2) is 170 Å². The summed E-state index contributed by atoms with van der Waals surface area (Å²) in [6.07, 6.45) is 17.8. The lowest BCUT2D eigenvalue weighted by Crippen LogP contribution is -2.41. The third-order valence-corrected chi connectivity index (χ3v) is 19.2. The van der Waals surface area contributed by atoms with Crippen molar-refractivity contribution >= 4 is 129 Å². The van der Waals surface area contributed by atoms with E-state index < -0.39 is 62.6 Å². The van der Waals surface area contributed by atoms with Crippen LogP contribution in [0.1, 0.15) is 159 Å². The summed E-state index contributed by atoms with van der Waals surface area (Å²) >= 11 is 9.75. The molecule has 9 heterocycles. The molecule has 0 atom stereocenters. The predicted molar refractivity (Wildman–Crippen MR) is 404 cm³/mol. The van der Waals surface area contributed by atoms with Crippen LogP contribution in [0.25, 0.3) is 18.2 Å². The van der Waals surface area contributed by atoms with Gasteiger partial charge in [-0.25, -0.2) is 34.3 Å². The third kappa shape index (κ3) is 24.5. The first-order valence-electron chi connectivity index (χ1n) is 32.6. The van der Waals surface area contributed by atoms with Crippen LogP contribution in [-0.2, 0) is 72.9 Å². The maximum absolute atomic E-state index is 12.0. The molecule has 4 saturated heterocycles. The molecule has 0 radical (unpaired) electrons. The summed E-state index contributed by atoms with van der Waals surface area (Å²) in [6, 6.07) is 10.2. The monoisotopic (exact) mass is 1610 g/mol. The fraction of sp³-hybridized carbons (Fsp3) is 0.500. The maximum atomic E-state index is 12.0. The molecular formula is C70H96B4Br3N5O20. The first-order chi connectivity index (χ1) is 47.4. The Balaban J connectivity index is 0.000000267. The minimum atomic E-state index is -0.622. The number of esters is 3. The van der Waals surface area contributed by atoms with E-state index in [9.17, 15) is 24.0 Å². The molecule has 0 aliphatic carbocycles. The van der Waals surface area contributed by atoms with Crippen molar-refractivity contribution in [2.75, 3.05) is 48.3 Å². The van der Waals surface area contributed by atoms with E-state index in [2.05, 4.69) is 67.7 Å². The fourth-order valence-corrected chi connectivity index (χ4v) is 9.59. The second kappa shape index (κ2) is 37.9. The van der Waals surface area contributed by atoms with E-state index in [4.69, 9.17) is 70.4 Å². The maximum Gasteiger partial charge on any atom is 0.497 e. The average Bonchev–Trinajstić information content (AvgIpc) is 1.61. The molecule has 4 fully saturated rings. The summed E-state index contributed by atoms with van der Waals surface area (Å²) < 4.78 is 86.3. The molecule has 0 saturated carbocycles. The number of aldehydes is 1. The zero-order chi connectivity index (χ0) is 77.0. The van der Waals surface area contributed by atoms with Gasteiger partial charge >= 0.3 is 46.2 Å². The lowest BCUT2D eigenvalue weighted by Gasteiger charge is -2.32. The fourth-order valence-electron chi connectivity index (χ4n) is 8.70. The van der Waals surface area contributed by atoms with Gasteiger partial charge < -0.3 is 75.0 Å². The van der Waals surface area contributed by atoms with E-state index in [-0.39, 0.29) is 33.9 Å². The Kier molecular flexibility index (Phi) is 32.7. The highest BCUT2D eigenvalue weighted by Crippen LogP contribution is 2.44. The van der Waals surface area contributed by atoms with Crippen molar-refractivity contribution in [1.29, 1.82) is 0 Å². The standard InChI is InChI=1S/2C17H24BNO5.C12H24B2O4.C11H12BrNO3.C7H6BrNO2.C6H6BrNO/c1-7-22-15(20)9-8-12-10-14(21-6)19-11-13(12)18-23-16(2,3)17(4,5)24-18;1-7-22-15(21)9-8-12-10-14(20)19(6)11-13(12)18-23-16(2,3)17(4,5)24-18;1-9(2)10(3,4)16-13(15-9)14-17-11(5,6)12(7,8)18-14;1-3-16-11(14)5-4-8-6-10(15-2)13-7-9(8)12;1-11-7-2-5(4-10)6(8)3-9-7;1-9-6-3-2-5(7)4-8-6/h2*8-11H,7H2,1-6H3;1-8H3;4-7H,3H2,1-2H3;2-4H,1H3;2-4H,1H3/b2*9-8+;;5-4+;;. The number of carbonyl (C=O) groups is 4. The van der Waals surface area contributed by atoms with Gasteiger partial charge in [0.05, 0.1) is 93.1 Å². The minimum Gasteiger partial charge on any atom is -0.481 e. The molecular weight excluding hydrogens is 1510 g/mol. The number of halogens is 3. The average molecular weight is 1610 g/mol. The molecule has 32 heteroatoms. The quantitative estimate of drug-likeness (QED) is 0.0275. The topological polar surface area (TPSA) is 280 Å². The van der Waals surface area contributed by atoms with Gasteiger partial charge in [0.1, 0.15) is 0 Å². The minimum absolute atomic E-state index is 0.182. The second-order valence-electron chi connectivity index (χ2n) is 26.8. The van der Waals surface area contributed by atoms with Crippen LogP contribution < -0.4 is 35.4 Å². The van der Waals surface area contributed by atoms with Crippen LogP contribution >= 0.6 is 47.8 Å².